The molecule has 0 aromatic carbocycles. The zero-order valence-electron chi connectivity index (χ0n) is 37.6. The fourth-order valence-corrected chi connectivity index (χ4v) is 6.72. The number of carboxylic acid groups (broad SMARTS) is 1. The van der Waals surface area contributed by atoms with Gasteiger partial charge in [-0.25, -0.2) is 4.57 Å². The molecule has 0 aromatic rings. The molecule has 0 aromatic heterocycles. The number of nitrogens with two attached hydrogens (primary N) is 1. The molecular weight excluding hydrogens is 797 g/mol. The van der Waals surface area contributed by atoms with Gasteiger partial charge in [0.1, 0.15) is 12.6 Å². The van der Waals surface area contributed by atoms with Crippen molar-refractivity contribution in [2.45, 2.75) is 193 Å². The van der Waals surface area contributed by atoms with Crippen LogP contribution in [0, 0.1) is 0 Å². The molecular formula is C48H82NO11P. The molecule has 4 atom stereocenters. The molecule has 0 spiro atoms. The molecule has 350 valence electrons. The van der Waals surface area contributed by atoms with Gasteiger partial charge in [0.05, 0.1) is 19.3 Å². The molecule has 13 heteroatoms. The summed E-state index contributed by atoms with van der Waals surface area (Å²) in [6, 6.07) is -1.55. The van der Waals surface area contributed by atoms with E-state index in [1.54, 1.807) is 24.3 Å². The number of aliphatic hydroxyl groups is 1. The average molecular weight is 880 g/mol. The van der Waals surface area contributed by atoms with Crippen molar-refractivity contribution in [3.05, 3.63) is 72.9 Å². The Morgan fingerprint density at radius 3 is 1.66 bits per heavy atom. The number of unbranched alkanes of at least 4 members (excludes halogenated alkanes) is 16. The molecule has 0 bridgehead atoms. The Kier molecular flexibility index (Phi) is 40.0. The summed E-state index contributed by atoms with van der Waals surface area (Å²) in [5.74, 6) is -2.58. The first kappa shape index (κ1) is 57.9. The number of allylic oxidation sites excluding steroid dienone is 10. The number of carbonyl (C=O) groups is 3. The minimum atomic E-state index is -4.76. The predicted molar refractivity (Wildman–Crippen MR) is 246 cm³/mol. The molecule has 0 saturated heterocycles. The molecule has 0 rings (SSSR count). The molecule has 2 unspecified atom stereocenters. The van der Waals surface area contributed by atoms with Gasteiger partial charge in [-0.2, -0.15) is 0 Å². The first-order valence-electron chi connectivity index (χ1n) is 23.1. The maximum atomic E-state index is 12.7. The van der Waals surface area contributed by atoms with Crippen LogP contribution in [0.15, 0.2) is 72.9 Å². The second-order valence-electron chi connectivity index (χ2n) is 15.4. The quantitative estimate of drug-likeness (QED) is 0.0149. The highest BCUT2D eigenvalue weighted by atomic mass is 31.2. The molecule has 0 amide bonds. The van der Waals surface area contributed by atoms with Crippen LogP contribution in [-0.2, 0) is 37.5 Å². The highest BCUT2D eigenvalue weighted by Crippen LogP contribution is 2.43. The smallest absolute Gasteiger partial charge is 0.472 e. The van der Waals surface area contributed by atoms with E-state index < -0.39 is 63.8 Å². The van der Waals surface area contributed by atoms with Crippen molar-refractivity contribution in [2.24, 2.45) is 5.73 Å². The summed E-state index contributed by atoms with van der Waals surface area (Å²) in [5, 5.41) is 19.1. The maximum absolute atomic E-state index is 12.7. The molecule has 0 radical (unpaired) electrons. The number of aliphatic hydroxyl groups excluding tert-OH is 1. The Balaban J connectivity index is 4.53. The number of aliphatic carboxylic acids is 1. The van der Waals surface area contributed by atoms with Crippen molar-refractivity contribution in [3.63, 3.8) is 0 Å². The Morgan fingerprint density at radius 2 is 1.11 bits per heavy atom. The first-order chi connectivity index (χ1) is 29.5. The number of rotatable bonds is 42. The Bertz CT molecular complexity index is 1330. The van der Waals surface area contributed by atoms with Crippen molar-refractivity contribution in [1.82, 2.24) is 0 Å². The van der Waals surface area contributed by atoms with Gasteiger partial charge in [0.2, 0.25) is 0 Å². The molecule has 0 aliphatic rings. The van der Waals surface area contributed by atoms with E-state index >= 15 is 0 Å². The van der Waals surface area contributed by atoms with E-state index in [0.29, 0.717) is 19.3 Å². The third-order valence-electron chi connectivity index (χ3n) is 9.56. The first-order valence-corrected chi connectivity index (χ1v) is 24.6. The van der Waals surface area contributed by atoms with Gasteiger partial charge in [0.25, 0.3) is 0 Å². The molecule has 61 heavy (non-hydrogen) atoms. The summed E-state index contributed by atoms with van der Waals surface area (Å²) < 4.78 is 32.6. The largest absolute Gasteiger partial charge is 0.480 e. The van der Waals surface area contributed by atoms with Crippen molar-refractivity contribution in [1.29, 1.82) is 0 Å². The van der Waals surface area contributed by atoms with Crippen LogP contribution >= 0.6 is 7.82 Å². The molecule has 0 heterocycles. The fourth-order valence-electron chi connectivity index (χ4n) is 5.94. The van der Waals surface area contributed by atoms with Gasteiger partial charge < -0.3 is 30.3 Å². The van der Waals surface area contributed by atoms with Crippen LogP contribution in [0.4, 0.5) is 0 Å². The van der Waals surface area contributed by atoms with E-state index in [1.807, 2.05) is 12.2 Å². The number of hydrogen-bond acceptors (Lipinski definition) is 10. The minimum Gasteiger partial charge on any atom is -0.480 e. The number of ether oxygens (including phenoxy) is 2. The van der Waals surface area contributed by atoms with Crippen LogP contribution in [0.3, 0.4) is 0 Å². The number of carbonyl (C=O) groups excluding carboxylic acids is 2. The SMILES string of the molecule is CC/C=C\C/C=C\C/C=C\C/C=C\C=C/C(O)C/C=C\CCC(=O)OC[C@H](COP(=O)(O)OC[C@H](N)C(=O)O)OC(=O)CCCCCCCCCCCCCCCCCCC. The lowest BCUT2D eigenvalue weighted by atomic mass is 10.0. The zero-order valence-corrected chi connectivity index (χ0v) is 38.5. The number of phosphoric ester groups is 1. The standard InChI is InChI=1S/C48H82NO11P/c1-3-5-7-9-11-13-15-17-18-19-20-22-24-26-28-30-34-39-47(52)60-44(41-58-61(55,56)59-42-45(49)48(53)54)40-57-46(51)38-35-31-33-37-43(50)36-32-29-27-25-23-21-16-14-12-10-8-6-4-2/h6,8,12,14,21,23,27,29,31-33,36,43-45,50H,3-5,7,9-11,13,15-20,22,24-26,28,30,34-35,37-42,49H2,1-2H3,(H,53,54)(H,55,56)/b8-6-,14-12-,23-21-,29-27-,33-31-,36-32-/t43?,44-,45+/m1/s1. The Morgan fingerprint density at radius 1 is 0.607 bits per heavy atom. The lowest BCUT2D eigenvalue weighted by Crippen LogP contribution is -2.34. The van der Waals surface area contributed by atoms with Crippen LogP contribution in [0.25, 0.3) is 0 Å². The summed E-state index contributed by atoms with van der Waals surface area (Å²) >= 11 is 0. The monoisotopic (exact) mass is 880 g/mol. The molecule has 0 aliphatic heterocycles. The topological polar surface area (TPSA) is 192 Å². The van der Waals surface area contributed by atoms with Crippen molar-refractivity contribution in [2.75, 3.05) is 19.8 Å². The van der Waals surface area contributed by atoms with Gasteiger partial charge in [-0.3, -0.25) is 23.4 Å². The van der Waals surface area contributed by atoms with Crippen molar-refractivity contribution >= 4 is 25.7 Å². The van der Waals surface area contributed by atoms with Crippen LogP contribution in [0.1, 0.15) is 174 Å². The van der Waals surface area contributed by atoms with Crippen molar-refractivity contribution < 1.29 is 52.6 Å². The normalized spacial score (nSPS) is 14.8. The van der Waals surface area contributed by atoms with Gasteiger partial charge in [0, 0.05) is 12.8 Å². The highest BCUT2D eigenvalue weighted by Gasteiger charge is 2.28. The second kappa shape index (κ2) is 42.2. The van der Waals surface area contributed by atoms with Crippen LogP contribution in [0.2, 0.25) is 0 Å². The van der Waals surface area contributed by atoms with E-state index in [1.165, 1.54) is 83.5 Å². The molecule has 0 saturated carbocycles. The van der Waals surface area contributed by atoms with E-state index in [9.17, 15) is 28.9 Å². The summed E-state index contributed by atoms with van der Waals surface area (Å²) in [7, 11) is -4.76. The summed E-state index contributed by atoms with van der Waals surface area (Å²) in [5.41, 5.74) is 5.33. The van der Waals surface area contributed by atoms with E-state index in [-0.39, 0.29) is 12.8 Å². The number of carboxylic acids is 1. The van der Waals surface area contributed by atoms with Crippen LogP contribution in [-0.4, -0.2) is 71.1 Å². The number of esters is 2. The van der Waals surface area contributed by atoms with Gasteiger partial charge in [-0.1, -0.05) is 189 Å². The lowest BCUT2D eigenvalue weighted by Gasteiger charge is -2.20. The summed E-state index contributed by atoms with van der Waals surface area (Å²) in [4.78, 5) is 46.0. The lowest BCUT2D eigenvalue weighted by molar-refractivity contribution is -0.161. The van der Waals surface area contributed by atoms with Gasteiger partial charge in [0.15, 0.2) is 6.10 Å². The predicted octanol–water partition coefficient (Wildman–Crippen LogP) is 11.5. The van der Waals surface area contributed by atoms with E-state index in [2.05, 4.69) is 54.8 Å². The molecule has 0 aliphatic carbocycles. The summed E-state index contributed by atoms with van der Waals surface area (Å²) in [6.07, 6.45) is 47.1. The molecule has 0 fully saturated rings. The van der Waals surface area contributed by atoms with Gasteiger partial charge in [-0.05, 0) is 44.9 Å². The number of hydrogen-bond donors (Lipinski definition) is 4. The van der Waals surface area contributed by atoms with Crippen LogP contribution < -0.4 is 5.73 Å². The van der Waals surface area contributed by atoms with Gasteiger partial charge >= 0.3 is 25.7 Å². The number of phosphoric acid groups is 1. The Labute approximate surface area is 368 Å². The molecule has 12 nitrogen and oxygen atoms in total. The van der Waals surface area contributed by atoms with Crippen LogP contribution in [0.5, 0.6) is 0 Å². The zero-order chi connectivity index (χ0) is 45.1. The van der Waals surface area contributed by atoms with E-state index in [0.717, 1.165) is 44.9 Å². The average Bonchev–Trinajstić information content (AvgIpc) is 3.23. The summed E-state index contributed by atoms with van der Waals surface area (Å²) in [6.45, 7) is 2.52. The second-order valence-corrected chi connectivity index (χ2v) is 16.8. The fraction of sp³-hybridized carbons (Fsp3) is 0.688. The maximum Gasteiger partial charge on any atom is 0.472 e. The minimum absolute atomic E-state index is 0.0137. The van der Waals surface area contributed by atoms with Gasteiger partial charge in [-0.15, -0.1) is 0 Å². The molecule has 5 N–H and O–H groups in total. The third kappa shape index (κ3) is 42.0. The van der Waals surface area contributed by atoms with Crippen molar-refractivity contribution in [3.8, 4) is 0 Å². The third-order valence-corrected chi connectivity index (χ3v) is 10.5. The van der Waals surface area contributed by atoms with E-state index in [4.69, 9.17) is 24.8 Å². The Hall–Kier alpha value is -3.12. The highest BCUT2D eigenvalue weighted by molar-refractivity contribution is 7.47.